The van der Waals surface area contributed by atoms with Crippen molar-refractivity contribution in [1.29, 1.82) is 0 Å². The molecule has 1 aromatic rings. The molecule has 0 amide bonds. The molecule has 0 spiro atoms. The number of aromatic nitrogens is 1. The lowest BCUT2D eigenvalue weighted by molar-refractivity contribution is -0.141. The van der Waals surface area contributed by atoms with Crippen LogP contribution in [0.25, 0.3) is 5.76 Å². The Kier molecular flexibility index (Phi) is 3.54. The lowest BCUT2D eigenvalue weighted by Crippen LogP contribution is -2.30. The summed E-state index contributed by atoms with van der Waals surface area (Å²) in [6.45, 7) is 1.30. The largest absolute Gasteiger partial charge is 0.506 e. The van der Waals surface area contributed by atoms with E-state index in [0.29, 0.717) is 19.3 Å². The number of pyridine rings is 1. The number of ketones is 2. The first-order valence-corrected chi connectivity index (χ1v) is 7.27. The van der Waals surface area contributed by atoms with Gasteiger partial charge < -0.3 is 5.11 Å². The van der Waals surface area contributed by atoms with Crippen LogP contribution < -0.4 is 0 Å². The number of hydrogen-bond donors (Lipinski definition) is 1. The standard InChI is InChI=1S/C16H14F3NO3/c1-7-10(4-5-11(20-7)16(17,18)19)15(23)12-13(21)8-2-3-9(6-8)14(12)22/h4-5,8-9,23H,2-3,6H2,1H3. The maximum Gasteiger partial charge on any atom is 0.433 e. The van der Waals surface area contributed by atoms with Gasteiger partial charge in [0.2, 0.25) is 0 Å². The maximum absolute atomic E-state index is 12.6. The van der Waals surface area contributed by atoms with Gasteiger partial charge in [0.1, 0.15) is 17.0 Å². The number of nitrogens with zero attached hydrogens (tertiary/aromatic N) is 1. The summed E-state index contributed by atoms with van der Waals surface area (Å²) in [5.74, 6) is -1.95. The zero-order chi connectivity index (χ0) is 16.9. The van der Waals surface area contributed by atoms with E-state index >= 15 is 0 Å². The van der Waals surface area contributed by atoms with Crippen molar-refractivity contribution in [3.05, 3.63) is 34.7 Å². The SMILES string of the molecule is Cc1nc(C(F)(F)F)ccc1C(O)=C1C(=O)C2CCC(C2)C1=O. The number of halogens is 3. The molecule has 2 unspecified atom stereocenters. The van der Waals surface area contributed by atoms with Gasteiger partial charge in [0.25, 0.3) is 0 Å². The van der Waals surface area contributed by atoms with E-state index in [2.05, 4.69) is 4.98 Å². The van der Waals surface area contributed by atoms with Crippen LogP contribution in [0.15, 0.2) is 17.7 Å². The highest BCUT2D eigenvalue weighted by Crippen LogP contribution is 2.42. The molecule has 0 radical (unpaired) electrons. The number of allylic oxidation sites excluding steroid dienone is 1. The molecule has 2 saturated carbocycles. The molecule has 7 heteroatoms. The lowest BCUT2D eigenvalue weighted by Gasteiger charge is -2.21. The summed E-state index contributed by atoms with van der Waals surface area (Å²) in [5, 5.41) is 10.3. The zero-order valence-corrected chi connectivity index (χ0v) is 12.3. The summed E-state index contributed by atoms with van der Waals surface area (Å²) in [4.78, 5) is 28.0. The third-order valence-corrected chi connectivity index (χ3v) is 4.54. The van der Waals surface area contributed by atoms with E-state index < -0.39 is 29.2 Å². The molecule has 0 aliphatic heterocycles. The molecular formula is C16H14F3NO3. The average molecular weight is 325 g/mol. The summed E-state index contributed by atoms with van der Waals surface area (Å²) in [7, 11) is 0. The van der Waals surface area contributed by atoms with Crippen molar-refractivity contribution in [3.8, 4) is 0 Å². The molecule has 2 bridgehead atoms. The molecule has 1 N–H and O–H groups in total. The number of Topliss-reactive ketones (excluding diaryl/α,β-unsaturated/α-hetero) is 2. The number of aryl methyl sites for hydroxylation is 1. The van der Waals surface area contributed by atoms with Crippen molar-refractivity contribution < 1.29 is 27.9 Å². The number of fused-ring (bicyclic) bond motifs is 2. The summed E-state index contributed by atoms with van der Waals surface area (Å²) < 4.78 is 37.9. The maximum atomic E-state index is 12.6. The normalized spacial score (nSPS) is 24.3. The average Bonchev–Trinajstić information content (AvgIpc) is 2.91. The molecule has 3 rings (SSSR count). The second-order valence-electron chi connectivity index (χ2n) is 5.99. The Balaban J connectivity index is 2.07. The predicted octanol–water partition coefficient (Wildman–Crippen LogP) is 3.25. The van der Waals surface area contributed by atoms with Crippen molar-refractivity contribution in [3.63, 3.8) is 0 Å². The third-order valence-electron chi connectivity index (χ3n) is 4.54. The van der Waals surface area contributed by atoms with Crippen molar-refractivity contribution in [2.75, 3.05) is 0 Å². The Hall–Kier alpha value is -2.18. The minimum absolute atomic E-state index is 0.0176. The molecule has 0 aromatic carbocycles. The van der Waals surface area contributed by atoms with Crippen LogP contribution in [0.3, 0.4) is 0 Å². The number of carbonyl (C=O) groups excluding carboxylic acids is 2. The third kappa shape index (κ3) is 2.54. The van der Waals surface area contributed by atoms with Gasteiger partial charge in [-0.2, -0.15) is 13.2 Å². The van der Waals surface area contributed by atoms with Crippen LogP contribution in [0.4, 0.5) is 13.2 Å². The number of aliphatic hydroxyl groups excluding tert-OH is 1. The van der Waals surface area contributed by atoms with Gasteiger partial charge >= 0.3 is 6.18 Å². The molecule has 1 heterocycles. The highest BCUT2D eigenvalue weighted by molar-refractivity contribution is 6.27. The molecule has 2 atom stereocenters. The van der Waals surface area contributed by atoms with Crippen LogP contribution in [0.5, 0.6) is 0 Å². The molecule has 0 saturated heterocycles. The van der Waals surface area contributed by atoms with E-state index in [4.69, 9.17) is 0 Å². The quantitative estimate of drug-likeness (QED) is 0.489. The van der Waals surface area contributed by atoms with Crippen LogP contribution in [0.2, 0.25) is 0 Å². The number of hydrogen-bond acceptors (Lipinski definition) is 4. The predicted molar refractivity (Wildman–Crippen MR) is 74.4 cm³/mol. The first kappa shape index (κ1) is 15.7. The summed E-state index contributed by atoms with van der Waals surface area (Å²) >= 11 is 0. The minimum Gasteiger partial charge on any atom is -0.506 e. The van der Waals surface area contributed by atoms with E-state index in [1.807, 2.05) is 0 Å². The van der Waals surface area contributed by atoms with Crippen LogP contribution in [-0.2, 0) is 15.8 Å². The summed E-state index contributed by atoms with van der Waals surface area (Å²) in [6, 6.07) is 1.77. The summed E-state index contributed by atoms with van der Waals surface area (Å²) in [5.41, 5.74) is -1.47. The Morgan fingerprint density at radius 1 is 1.17 bits per heavy atom. The molecule has 4 nitrogen and oxygen atoms in total. The molecule has 2 fully saturated rings. The molecule has 2 aliphatic rings. The molecule has 23 heavy (non-hydrogen) atoms. The highest BCUT2D eigenvalue weighted by Gasteiger charge is 2.45. The fourth-order valence-corrected chi connectivity index (χ4v) is 3.32. The number of alkyl halides is 3. The van der Waals surface area contributed by atoms with Crippen molar-refractivity contribution in [2.45, 2.75) is 32.4 Å². The van der Waals surface area contributed by atoms with E-state index in [1.54, 1.807) is 0 Å². The Labute approximate surface area is 130 Å². The second kappa shape index (κ2) is 5.18. The first-order valence-electron chi connectivity index (χ1n) is 7.27. The molecule has 1 aromatic heterocycles. The van der Waals surface area contributed by atoms with Gasteiger partial charge in [-0.15, -0.1) is 0 Å². The van der Waals surface area contributed by atoms with Gasteiger partial charge in [-0.05, 0) is 38.3 Å². The van der Waals surface area contributed by atoms with Gasteiger partial charge in [0.05, 0.1) is 0 Å². The Morgan fingerprint density at radius 3 is 2.22 bits per heavy atom. The topological polar surface area (TPSA) is 67.3 Å². The lowest BCUT2D eigenvalue weighted by atomic mass is 9.81. The fourth-order valence-electron chi connectivity index (χ4n) is 3.32. The van der Waals surface area contributed by atoms with Gasteiger partial charge in [-0.1, -0.05) is 0 Å². The Morgan fingerprint density at radius 2 is 1.74 bits per heavy atom. The van der Waals surface area contributed by atoms with E-state index in [9.17, 15) is 27.9 Å². The van der Waals surface area contributed by atoms with Crippen molar-refractivity contribution >= 4 is 17.3 Å². The molecule has 2 aliphatic carbocycles. The van der Waals surface area contributed by atoms with Crippen LogP contribution in [-0.4, -0.2) is 21.7 Å². The summed E-state index contributed by atoms with van der Waals surface area (Å²) in [6.07, 6.45) is -2.88. The monoisotopic (exact) mass is 325 g/mol. The van der Waals surface area contributed by atoms with Crippen LogP contribution >= 0.6 is 0 Å². The number of carbonyl (C=O) groups is 2. The first-order chi connectivity index (χ1) is 10.7. The Bertz CT molecular complexity index is 713. The highest BCUT2D eigenvalue weighted by atomic mass is 19.4. The number of aliphatic hydroxyl groups is 1. The second-order valence-corrected chi connectivity index (χ2v) is 5.99. The van der Waals surface area contributed by atoms with Crippen LogP contribution in [0, 0.1) is 18.8 Å². The zero-order valence-electron chi connectivity index (χ0n) is 12.3. The van der Waals surface area contributed by atoms with E-state index in [-0.39, 0.29) is 28.7 Å². The van der Waals surface area contributed by atoms with E-state index in [0.717, 1.165) is 12.1 Å². The fraction of sp³-hybridized carbons (Fsp3) is 0.438. The van der Waals surface area contributed by atoms with Crippen molar-refractivity contribution in [2.24, 2.45) is 11.8 Å². The smallest absolute Gasteiger partial charge is 0.433 e. The van der Waals surface area contributed by atoms with Gasteiger partial charge in [0.15, 0.2) is 11.6 Å². The minimum atomic E-state index is -4.60. The van der Waals surface area contributed by atoms with Crippen LogP contribution in [0.1, 0.15) is 36.2 Å². The van der Waals surface area contributed by atoms with Crippen molar-refractivity contribution in [1.82, 2.24) is 4.98 Å². The van der Waals surface area contributed by atoms with E-state index in [1.165, 1.54) is 6.92 Å². The van der Waals surface area contributed by atoms with Gasteiger partial charge in [-0.3, -0.25) is 9.59 Å². The molecular weight excluding hydrogens is 311 g/mol. The number of rotatable bonds is 1. The van der Waals surface area contributed by atoms with Gasteiger partial charge in [0, 0.05) is 23.1 Å². The van der Waals surface area contributed by atoms with Gasteiger partial charge in [-0.25, -0.2) is 4.98 Å². The molecule has 122 valence electrons.